The maximum absolute atomic E-state index is 4.51. The van der Waals surface area contributed by atoms with Crippen LogP contribution in [-0.2, 0) is 0 Å². The van der Waals surface area contributed by atoms with Gasteiger partial charge in [0.2, 0.25) is 0 Å². The minimum absolute atomic E-state index is 0.889. The topological polar surface area (TPSA) is 45.5 Å². The van der Waals surface area contributed by atoms with E-state index in [1.165, 1.54) is 38.8 Å². The zero-order chi connectivity index (χ0) is 12.9. The Balaban J connectivity index is 1.50. The number of rotatable bonds is 4. The molecule has 1 aliphatic heterocycles. The van der Waals surface area contributed by atoms with Gasteiger partial charge in [-0.3, -0.25) is 0 Å². The lowest BCUT2D eigenvalue weighted by atomic mass is 10.2. The molecule has 2 aromatic heterocycles. The zero-order valence-electron chi connectivity index (χ0n) is 11.3. The van der Waals surface area contributed by atoms with Crippen LogP contribution in [0.5, 0.6) is 0 Å². The Labute approximate surface area is 113 Å². The standard InChI is InChI=1S/C14H21N5/c1-2-4-10-18(9-3-1)12-8-15-13-6-11-19-14(17-13)5-7-16-19/h5-7,11H,1-4,8-10,12H2,(H,15,17). The smallest absolute Gasteiger partial charge is 0.157 e. The Morgan fingerprint density at radius 1 is 1.11 bits per heavy atom. The molecule has 0 radical (unpaired) electrons. The van der Waals surface area contributed by atoms with Crippen LogP contribution in [0.1, 0.15) is 25.7 Å². The van der Waals surface area contributed by atoms with Crippen molar-refractivity contribution in [3.63, 3.8) is 0 Å². The minimum atomic E-state index is 0.889. The van der Waals surface area contributed by atoms with Crippen LogP contribution in [0.3, 0.4) is 0 Å². The molecule has 0 aliphatic carbocycles. The third-order valence-corrected chi connectivity index (χ3v) is 3.69. The lowest BCUT2D eigenvalue weighted by Gasteiger charge is -2.19. The second-order valence-electron chi connectivity index (χ2n) is 5.13. The predicted octanol–water partition coefficient (Wildman–Crippen LogP) is 2.02. The highest BCUT2D eigenvalue weighted by Gasteiger charge is 2.08. The fourth-order valence-corrected chi connectivity index (χ4v) is 2.61. The number of nitrogens with one attached hydrogen (secondary N) is 1. The molecule has 3 heterocycles. The van der Waals surface area contributed by atoms with Gasteiger partial charge in [-0.15, -0.1) is 0 Å². The SMILES string of the molecule is c1cc2nc(NCCN3CCCCCC3)ccn2n1. The molecular formula is C14H21N5. The molecule has 1 N–H and O–H groups in total. The third-order valence-electron chi connectivity index (χ3n) is 3.69. The fourth-order valence-electron chi connectivity index (χ4n) is 2.61. The van der Waals surface area contributed by atoms with E-state index in [0.29, 0.717) is 0 Å². The first-order chi connectivity index (χ1) is 9.42. The maximum atomic E-state index is 4.51. The number of hydrogen-bond acceptors (Lipinski definition) is 4. The number of hydrogen-bond donors (Lipinski definition) is 1. The average Bonchev–Trinajstić information content (AvgIpc) is 2.74. The maximum Gasteiger partial charge on any atom is 0.157 e. The minimum Gasteiger partial charge on any atom is -0.369 e. The molecule has 1 saturated heterocycles. The van der Waals surface area contributed by atoms with E-state index < -0.39 is 0 Å². The summed E-state index contributed by atoms with van der Waals surface area (Å²) in [7, 11) is 0. The van der Waals surface area contributed by atoms with Gasteiger partial charge in [-0.25, -0.2) is 9.50 Å². The van der Waals surface area contributed by atoms with E-state index in [-0.39, 0.29) is 0 Å². The highest BCUT2D eigenvalue weighted by molar-refractivity contribution is 5.45. The summed E-state index contributed by atoms with van der Waals surface area (Å²) in [5.74, 6) is 0.933. The Hall–Kier alpha value is -1.62. The number of likely N-dealkylation sites (tertiary alicyclic amines) is 1. The summed E-state index contributed by atoms with van der Waals surface area (Å²) in [5, 5.41) is 7.54. The molecule has 0 saturated carbocycles. The van der Waals surface area contributed by atoms with Crippen molar-refractivity contribution in [1.82, 2.24) is 19.5 Å². The van der Waals surface area contributed by atoms with Crippen molar-refractivity contribution in [3.05, 3.63) is 24.5 Å². The van der Waals surface area contributed by atoms with Crippen molar-refractivity contribution in [3.8, 4) is 0 Å². The normalized spacial score (nSPS) is 17.5. The number of fused-ring (bicyclic) bond motifs is 1. The van der Waals surface area contributed by atoms with Gasteiger partial charge in [-0.1, -0.05) is 12.8 Å². The van der Waals surface area contributed by atoms with Crippen LogP contribution in [0.2, 0.25) is 0 Å². The second-order valence-corrected chi connectivity index (χ2v) is 5.13. The molecular weight excluding hydrogens is 238 g/mol. The first-order valence-electron chi connectivity index (χ1n) is 7.18. The molecule has 0 atom stereocenters. The molecule has 102 valence electrons. The number of nitrogens with zero attached hydrogens (tertiary/aromatic N) is 4. The van der Waals surface area contributed by atoms with Crippen molar-refractivity contribution in [2.45, 2.75) is 25.7 Å². The van der Waals surface area contributed by atoms with Crippen LogP contribution in [0.15, 0.2) is 24.5 Å². The van der Waals surface area contributed by atoms with Crippen LogP contribution in [0.4, 0.5) is 5.82 Å². The number of anilines is 1. The van der Waals surface area contributed by atoms with Gasteiger partial charge in [0.15, 0.2) is 5.65 Å². The summed E-state index contributed by atoms with van der Waals surface area (Å²) >= 11 is 0. The predicted molar refractivity (Wildman–Crippen MR) is 76.4 cm³/mol. The van der Waals surface area contributed by atoms with E-state index in [0.717, 1.165) is 24.6 Å². The van der Waals surface area contributed by atoms with Crippen LogP contribution in [0.25, 0.3) is 5.65 Å². The molecule has 2 aromatic rings. The van der Waals surface area contributed by atoms with Crippen LogP contribution in [-0.4, -0.2) is 45.7 Å². The van der Waals surface area contributed by atoms with Crippen molar-refractivity contribution in [2.75, 3.05) is 31.5 Å². The van der Waals surface area contributed by atoms with Gasteiger partial charge in [0.05, 0.1) is 6.20 Å². The Bertz CT molecular complexity index is 513. The van der Waals surface area contributed by atoms with Crippen LogP contribution in [0, 0.1) is 0 Å². The fraction of sp³-hybridized carbons (Fsp3) is 0.571. The quantitative estimate of drug-likeness (QED) is 0.912. The zero-order valence-corrected chi connectivity index (χ0v) is 11.3. The van der Waals surface area contributed by atoms with Crippen molar-refractivity contribution in [2.24, 2.45) is 0 Å². The van der Waals surface area contributed by atoms with E-state index in [9.17, 15) is 0 Å². The molecule has 5 nitrogen and oxygen atoms in total. The molecule has 0 bridgehead atoms. The lowest BCUT2D eigenvalue weighted by Crippen LogP contribution is -2.30. The monoisotopic (exact) mass is 259 g/mol. The van der Waals surface area contributed by atoms with E-state index in [4.69, 9.17) is 0 Å². The molecule has 1 fully saturated rings. The van der Waals surface area contributed by atoms with Crippen LogP contribution < -0.4 is 5.32 Å². The average molecular weight is 259 g/mol. The Morgan fingerprint density at radius 3 is 2.79 bits per heavy atom. The molecule has 0 aromatic carbocycles. The first-order valence-corrected chi connectivity index (χ1v) is 7.18. The van der Waals surface area contributed by atoms with E-state index >= 15 is 0 Å². The Morgan fingerprint density at radius 2 is 1.95 bits per heavy atom. The van der Waals surface area contributed by atoms with Gasteiger partial charge in [0.1, 0.15) is 5.82 Å². The summed E-state index contributed by atoms with van der Waals surface area (Å²) < 4.78 is 1.78. The molecule has 19 heavy (non-hydrogen) atoms. The summed E-state index contributed by atoms with van der Waals surface area (Å²) in [4.78, 5) is 7.06. The lowest BCUT2D eigenvalue weighted by molar-refractivity contribution is 0.296. The van der Waals surface area contributed by atoms with Crippen molar-refractivity contribution < 1.29 is 0 Å². The largest absolute Gasteiger partial charge is 0.369 e. The highest BCUT2D eigenvalue weighted by atomic mass is 15.2. The van der Waals surface area contributed by atoms with E-state index in [1.54, 1.807) is 10.7 Å². The van der Waals surface area contributed by atoms with Crippen molar-refractivity contribution >= 4 is 11.5 Å². The van der Waals surface area contributed by atoms with Gasteiger partial charge in [-0.2, -0.15) is 5.10 Å². The second kappa shape index (κ2) is 6.02. The molecule has 0 amide bonds. The summed E-state index contributed by atoms with van der Waals surface area (Å²) in [5.41, 5.74) is 0.889. The molecule has 0 spiro atoms. The van der Waals surface area contributed by atoms with Gasteiger partial charge in [0, 0.05) is 25.4 Å². The highest BCUT2D eigenvalue weighted by Crippen LogP contribution is 2.09. The summed E-state index contributed by atoms with van der Waals surface area (Å²) in [6.45, 7) is 4.55. The van der Waals surface area contributed by atoms with Gasteiger partial charge in [-0.05, 0) is 32.0 Å². The summed E-state index contributed by atoms with van der Waals surface area (Å²) in [6.07, 6.45) is 9.19. The molecule has 3 rings (SSSR count). The number of aromatic nitrogens is 3. The molecule has 1 aliphatic rings. The van der Waals surface area contributed by atoms with Gasteiger partial charge < -0.3 is 10.2 Å². The van der Waals surface area contributed by atoms with E-state index in [2.05, 4.69) is 20.3 Å². The first kappa shape index (κ1) is 12.4. The third kappa shape index (κ3) is 3.23. The molecule has 5 heteroatoms. The van der Waals surface area contributed by atoms with Gasteiger partial charge >= 0.3 is 0 Å². The Kier molecular flexibility index (Phi) is 3.93. The summed E-state index contributed by atoms with van der Waals surface area (Å²) in [6, 6.07) is 3.89. The van der Waals surface area contributed by atoms with Crippen molar-refractivity contribution in [1.29, 1.82) is 0 Å². The van der Waals surface area contributed by atoms with Gasteiger partial charge in [0.25, 0.3) is 0 Å². The van der Waals surface area contributed by atoms with E-state index in [1.807, 2.05) is 18.3 Å². The van der Waals surface area contributed by atoms with Crippen LogP contribution >= 0.6 is 0 Å². The molecule has 0 unspecified atom stereocenters.